The van der Waals surface area contributed by atoms with Gasteiger partial charge < -0.3 is 14.8 Å². The Morgan fingerprint density at radius 3 is 2.40 bits per heavy atom. The third-order valence-electron chi connectivity index (χ3n) is 5.87. The molecule has 4 rings (SSSR count). The first-order valence-corrected chi connectivity index (χ1v) is 13.0. The maximum atomic E-state index is 13.2. The van der Waals surface area contributed by atoms with Gasteiger partial charge in [-0.3, -0.25) is 29.8 Å². The third kappa shape index (κ3) is 6.67. The Balaban J connectivity index is 1.57. The Morgan fingerprint density at radius 1 is 1.05 bits per heavy atom. The van der Waals surface area contributed by atoms with E-state index in [-0.39, 0.29) is 40.1 Å². The van der Waals surface area contributed by atoms with E-state index >= 15 is 0 Å². The number of anilines is 2. The van der Waals surface area contributed by atoms with Gasteiger partial charge in [0.05, 0.1) is 22.2 Å². The maximum absolute atomic E-state index is 13.2. The van der Waals surface area contributed by atoms with E-state index in [4.69, 9.17) is 32.7 Å². The van der Waals surface area contributed by atoms with Crippen molar-refractivity contribution >= 4 is 70.1 Å². The Bertz CT molecular complexity index is 1640. The molecule has 0 unspecified atom stereocenters. The summed E-state index contributed by atoms with van der Waals surface area (Å²) in [6, 6.07) is 11.5. The van der Waals surface area contributed by atoms with Crippen LogP contribution in [0, 0.1) is 17.0 Å². The summed E-state index contributed by atoms with van der Waals surface area (Å²) in [5.74, 6) is -2.21. The monoisotopic (exact) mass is 612 g/mol. The first-order chi connectivity index (χ1) is 20.0. The molecule has 14 heteroatoms. The van der Waals surface area contributed by atoms with Gasteiger partial charge in [0.2, 0.25) is 0 Å². The second kappa shape index (κ2) is 12.7. The number of halogens is 2. The Kier molecular flexibility index (Phi) is 9.09. The van der Waals surface area contributed by atoms with Crippen LogP contribution >= 0.6 is 23.2 Å². The summed E-state index contributed by atoms with van der Waals surface area (Å²) >= 11 is 12.5. The van der Waals surface area contributed by atoms with E-state index in [1.165, 1.54) is 30.3 Å². The van der Waals surface area contributed by atoms with E-state index in [1.807, 2.05) is 6.92 Å². The van der Waals surface area contributed by atoms with Crippen molar-refractivity contribution in [3.8, 4) is 11.5 Å². The molecular formula is C28H22Cl2N4O8. The molecule has 0 spiro atoms. The molecule has 3 aromatic carbocycles. The number of carbonyl (C=O) groups is 4. The molecule has 3 aromatic rings. The van der Waals surface area contributed by atoms with Gasteiger partial charge >= 0.3 is 6.03 Å². The standard InChI is InChI=1S/C28H22Cl2N4O8/c1-3-41-23-12-16(11-22(30)25(23)42-14-24(35)31-17-5-4-15(2)21(29)13-17)10-20-26(36)32-28(38)33(27(20)37)18-6-8-19(9-7-18)34(39)40/h4-13H,3,14H2,1-2H3,(H,31,35)(H,32,36,38)/b20-10-. The number of hydrogen-bond acceptors (Lipinski definition) is 8. The van der Waals surface area contributed by atoms with Gasteiger partial charge in [0.15, 0.2) is 18.1 Å². The molecule has 12 nitrogen and oxygen atoms in total. The van der Waals surface area contributed by atoms with Crippen molar-refractivity contribution in [2.45, 2.75) is 13.8 Å². The van der Waals surface area contributed by atoms with Gasteiger partial charge in [-0.15, -0.1) is 0 Å². The summed E-state index contributed by atoms with van der Waals surface area (Å²) in [4.78, 5) is 61.7. The minimum atomic E-state index is -1.01. The molecule has 0 aliphatic carbocycles. The average Bonchev–Trinajstić information content (AvgIpc) is 2.93. The number of aryl methyl sites for hydroxylation is 1. The zero-order valence-electron chi connectivity index (χ0n) is 22.1. The number of urea groups is 1. The molecule has 0 saturated carbocycles. The number of rotatable bonds is 9. The van der Waals surface area contributed by atoms with Crippen LogP contribution < -0.4 is 25.0 Å². The summed E-state index contributed by atoms with van der Waals surface area (Å²) < 4.78 is 11.3. The highest BCUT2D eigenvalue weighted by atomic mass is 35.5. The van der Waals surface area contributed by atoms with Crippen LogP contribution in [-0.4, -0.2) is 41.9 Å². The van der Waals surface area contributed by atoms with Crippen molar-refractivity contribution in [3.05, 3.63) is 91.5 Å². The number of barbiturate groups is 1. The quantitative estimate of drug-likeness (QED) is 0.143. The van der Waals surface area contributed by atoms with Crippen molar-refractivity contribution in [1.29, 1.82) is 0 Å². The number of nitro benzene ring substituents is 1. The normalized spacial score (nSPS) is 14.0. The number of nitrogens with zero attached hydrogens (tertiary/aromatic N) is 2. The number of carbonyl (C=O) groups excluding carboxylic acids is 4. The molecule has 42 heavy (non-hydrogen) atoms. The lowest BCUT2D eigenvalue weighted by molar-refractivity contribution is -0.384. The van der Waals surface area contributed by atoms with E-state index in [1.54, 1.807) is 25.1 Å². The van der Waals surface area contributed by atoms with Crippen LogP contribution in [0.15, 0.2) is 60.2 Å². The minimum Gasteiger partial charge on any atom is -0.490 e. The van der Waals surface area contributed by atoms with Gasteiger partial charge in [-0.1, -0.05) is 29.3 Å². The van der Waals surface area contributed by atoms with Crippen LogP contribution in [0.5, 0.6) is 11.5 Å². The molecule has 1 aliphatic rings. The lowest BCUT2D eigenvalue weighted by atomic mass is 10.1. The zero-order valence-corrected chi connectivity index (χ0v) is 23.6. The van der Waals surface area contributed by atoms with Crippen molar-refractivity contribution in [3.63, 3.8) is 0 Å². The lowest BCUT2D eigenvalue weighted by Gasteiger charge is -2.26. The largest absolute Gasteiger partial charge is 0.490 e. The van der Waals surface area contributed by atoms with E-state index in [2.05, 4.69) is 10.6 Å². The number of nitrogens with one attached hydrogen (secondary N) is 2. The van der Waals surface area contributed by atoms with Crippen LogP contribution in [0.1, 0.15) is 18.1 Å². The van der Waals surface area contributed by atoms with Crippen LogP contribution in [0.4, 0.5) is 21.9 Å². The van der Waals surface area contributed by atoms with Gasteiger partial charge in [0.25, 0.3) is 23.4 Å². The predicted molar refractivity (Wildman–Crippen MR) is 155 cm³/mol. The summed E-state index contributed by atoms with van der Waals surface area (Å²) in [5.41, 5.74) is 0.959. The van der Waals surface area contributed by atoms with E-state index < -0.39 is 40.9 Å². The SMILES string of the molecule is CCOc1cc(/C=C2/C(=O)NC(=O)N(c3ccc([N+](=O)[O-])cc3)C2=O)cc(Cl)c1OCC(=O)Nc1ccc(C)c(Cl)c1. The smallest absolute Gasteiger partial charge is 0.335 e. The van der Waals surface area contributed by atoms with Gasteiger partial charge in [0.1, 0.15) is 5.57 Å². The molecule has 0 atom stereocenters. The maximum Gasteiger partial charge on any atom is 0.335 e. The second-order valence-corrected chi connectivity index (χ2v) is 9.61. The highest BCUT2D eigenvalue weighted by Crippen LogP contribution is 2.38. The molecule has 5 amide bonds. The summed E-state index contributed by atoms with van der Waals surface area (Å²) in [6.45, 7) is 3.32. The Labute approximate surface area is 248 Å². The van der Waals surface area contributed by atoms with Gasteiger partial charge in [-0.25, -0.2) is 9.69 Å². The van der Waals surface area contributed by atoms with Crippen molar-refractivity contribution in [2.24, 2.45) is 0 Å². The number of nitro groups is 1. The molecule has 2 N–H and O–H groups in total. The predicted octanol–water partition coefficient (Wildman–Crippen LogP) is 5.29. The van der Waals surface area contributed by atoms with E-state index in [0.717, 1.165) is 17.7 Å². The van der Waals surface area contributed by atoms with Crippen molar-refractivity contribution < 1.29 is 33.6 Å². The number of amides is 5. The van der Waals surface area contributed by atoms with Crippen molar-refractivity contribution in [1.82, 2.24) is 5.32 Å². The number of non-ortho nitro benzene ring substituents is 1. The van der Waals surface area contributed by atoms with Gasteiger partial charge in [-0.05, 0) is 67.4 Å². The summed E-state index contributed by atoms with van der Waals surface area (Å²) in [7, 11) is 0. The van der Waals surface area contributed by atoms with Gasteiger partial charge in [-0.2, -0.15) is 0 Å². The van der Waals surface area contributed by atoms with Crippen LogP contribution in [0.25, 0.3) is 6.08 Å². The lowest BCUT2D eigenvalue weighted by Crippen LogP contribution is -2.54. The number of benzene rings is 3. The molecule has 1 saturated heterocycles. The molecule has 0 aromatic heterocycles. The van der Waals surface area contributed by atoms with Crippen LogP contribution in [0.2, 0.25) is 10.0 Å². The Morgan fingerprint density at radius 2 is 1.76 bits per heavy atom. The fourth-order valence-electron chi connectivity index (χ4n) is 3.86. The molecule has 0 bridgehead atoms. The summed E-state index contributed by atoms with van der Waals surface area (Å²) in [5, 5.41) is 16.2. The number of ether oxygens (including phenoxy) is 2. The fraction of sp³-hybridized carbons (Fsp3) is 0.143. The number of hydrogen-bond donors (Lipinski definition) is 2. The Hall–Kier alpha value is -4.94. The topological polar surface area (TPSA) is 157 Å². The van der Waals surface area contributed by atoms with Crippen LogP contribution in [0.3, 0.4) is 0 Å². The molecule has 1 heterocycles. The van der Waals surface area contributed by atoms with E-state index in [0.29, 0.717) is 15.6 Å². The van der Waals surface area contributed by atoms with Gasteiger partial charge in [0, 0.05) is 22.8 Å². The molecule has 1 aliphatic heterocycles. The highest BCUT2D eigenvalue weighted by Gasteiger charge is 2.37. The van der Waals surface area contributed by atoms with E-state index in [9.17, 15) is 29.3 Å². The zero-order chi connectivity index (χ0) is 30.6. The highest BCUT2D eigenvalue weighted by molar-refractivity contribution is 6.39. The second-order valence-electron chi connectivity index (χ2n) is 8.80. The van der Waals surface area contributed by atoms with Crippen molar-refractivity contribution in [2.75, 3.05) is 23.4 Å². The average molecular weight is 613 g/mol. The molecule has 216 valence electrons. The minimum absolute atomic E-state index is 0.0180. The number of imide groups is 2. The first kappa shape index (κ1) is 30.0. The third-order valence-corrected chi connectivity index (χ3v) is 6.55. The van der Waals surface area contributed by atoms with Crippen LogP contribution in [-0.2, 0) is 14.4 Å². The molecule has 1 fully saturated rings. The molecular weight excluding hydrogens is 591 g/mol. The first-order valence-electron chi connectivity index (χ1n) is 12.3. The fourth-order valence-corrected chi connectivity index (χ4v) is 4.32. The molecule has 0 radical (unpaired) electrons. The summed E-state index contributed by atoms with van der Waals surface area (Å²) in [6.07, 6.45) is 1.20.